The smallest absolute Gasteiger partial charge is 0.226 e. The summed E-state index contributed by atoms with van der Waals surface area (Å²) in [6.45, 7) is 4.11. The molecule has 2 aromatic carbocycles. The van der Waals surface area contributed by atoms with Gasteiger partial charge in [-0.1, -0.05) is 19.1 Å². The molecule has 0 bridgehead atoms. The highest BCUT2D eigenvalue weighted by Crippen LogP contribution is 2.14. The number of carbonyl (C=O) groups is 2. The molecule has 126 valence electrons. The minimum atomic E-state index is -0.0978. The van der Waals surface area contributed by atoms with Crippen LogP contribution in [0.5, 0.6) is 0 Å². The standard InChI is InChI=1S/C19H23N3O2/c1-3-15-4-6-18(7-5-15)22-19(24)12-13-20-16-8-10-17(11-9-16)21-14(2)23/h4-11,20H,3,12-13H2,1-2H3,(H,21,23)(H,22,24). The summed E-state index contributed by atoms with van der Waals surface area (Å²) in [6.07, 6.45) is 1.36. The zero-order valence-corrected chi connectivity index (χ0v) is 14.1. The van der Waals surface area contributed by atoms with Gasteiger partial charge in [-0.05, 0) is 48.4 Å². The van der Waals surface area contributed by atoms with Crippen LogP contribution in [0.15, 0.2) is 48.5 Å². The topological polar surface area (TPSA) is 70.2 Å². The molecule has 2 rings (SSSR count). The molecule has 0 saturated heterocycles. The summed E-state index contributed by atoms with van der Waals surface area (Å²) in [4.78, 5) is 22.9. The minimum Gasteiger partial charge on any atom is -0.385 e. The molecule has 0 radical (unpaired) electrons. The molecule has 0 aliphatic rings. The van der Waals surface area contributed by atoms with Crippen molar-refractivity contribution in [2.45, 2.75) is 26.7 Å². The van der Waals surface area contributed by atoms with E-state index in [9.17, 15) is 9.59 Å². The molecule has 0 saturated carbocycles. The Morgan fingerprint density at radius 1 is 0.833 bits per heavy atom. The Balaban J connectivity index is 1.74. The lowest BCUT2D eigenvalue weighted by Gasteiger charge is -2.09. The molecule has 3 N–H and O–H groups in total. The molecule has 0 aromatic heterocycles. The SMILES string of the molecule is CCc1ccc(NC(=O)CCNc2ccc(NC(C)=O)cc2)cc1. The largest absolute Gasteiger partial charge is 0.385 e. The van der Waals surface area contributed by atoms with Crippen LogP contribution in [-0.4, -0.2) is 18.4 Å². The van der Waals surface area contributed by atoms with Crippen LogP contribution in [0, 0.1) is 0 Å². The summed E-state index contributed by atoms with van der Waals surface area (Å²) >= 11 is 0. The molecule has 0 unspecified atom stereocenters. The van der Waals surface area contributed by atoms with Gasteiger partial charge in [-0.25, -0.2) is 0 Å². The fourth-order valence-electron chi connectivity index (χ4n) is 2.24. The van der Waals surface area contributed by atoms with Crippen LogP contribution < -0.4 is 16.0 Å². The van der Waals surface area contributed by atoms with Gasteiger partial charge in [0.05, 0.1) is 0 Å². The molecule has 0 aliphatic carbocycles. The number of benzene rings is 2. The third kappa shape index (κ3) is 5.76. The van der Waals surface area contributed by atoms with E-state index in [0.29, 0.717) is 13.0 Å². The first-order valence-electron chi connectivity index (χ1n) is 8.07. The van der Waals surface area contributed by atoms with E-state index in [1.807, 2.05) is 48.5 Å². The maximum Gasteiger partial charge on any atom is 0.226 e. The third-order valence-corrected chi connectivity index (χ3v) is 3.53. The molecule has 24 heavy (non-hydrogen) atoms. The van der Waals surface area contributed by atoms with Crippen molar-refractivity contribution < 1.29 is 9.59 Å². The normalized spacial score (nSPS) is 10.1. The zero-order valence-electron chi connectivity index (χ0n) is 14.1. The number of carbonyl (C=O) groups excluding carboxylic acids is 2. The second-order valence-electron chi connectivity index (χ2n) is 5.53. The van der Waals surface area contributed by atoms with Crippen molar-refractivity contribution in [2.75, 3.05) is 22.5 Å². The molecule has 0 aliphatic heterocycles. The van der Waals surface area contributed by atoms with E-state index in [1.165, 1.54) is 12.5 Å². The van der Waals surface area contributed by atoms with Crippen LogP contribution >= 0.6 is 0 Å². The van der Waals surface area contributed by atoms with Gasteiger partial charge in [0.15, 0.2) is 0 Å². The van der Waals surface area contributed by atoms with Crippen molar-refractivity contribution in [3.8, 4) is 0 Å². The highest BCUT2D eigenvalue weighted by atomic mass is 16.2. The van der Waals surface area contributed by atoms with Crippen molar-refractivity contribution in [3.05, 3.63) is 54.1 Å². The molecule has 0 heterocycles. The number of anilines is 3. The Kier molecular flexibility index (Phi) is 6.37. The second-order valence-corrected chi connectivity index (χ2v) is 5.53. The van der Waals surface area contributed by atoms with Crippen LogP contribution in [0.2, 0.25) is 0 Å². The lowest BCUT2D eigenvalue weighted by molar-refractivity contribution is -0.116. The number of rotatable bonds is 7. The van der Waals surface area contributed by atoms with Crippen LogP contribution in [0.3, 0.4) is 0 Å². The number of hydrogen-bond donors (Lipinski definition) is 3. The van der Waals surface area contributed by atoms with E-state index < -0.39 is 0 Å². The highest BCUT2D eigenvalue weighted by molar-refractivity contribution is 5.91. The van der Waals surface area contributed by atoms with Crippen molar-refractivity contribution in [1.82, 2.24) is 0 Å². The highest BCUT2D eigenvalue weighted by Gasteiger charge is 2.03. The first kappa shape index (κ1) is 17.5. The first-order chi connectivity index (χ1) is 11.6. The summed E-state index contributed by atoms with van der Waals surface area (Å²) in [7, 11) is 0. The molecule has 0 fully saturated rings. The maximum atomic E-state index is 11.9. The number of hydrogen-bond acceptors (Lipinski definition) is 3. The molecular weight excluding hydrogens is 302 g/mol. The molecule has 2 amide bonds. The van der Waals surface area contributed by atoms with Crippen LogP contribution in [0.25, 0.3) is 0 Å². The van der Waals surface area contributed by atoms with Gasteiger partial charge in [0.25, 0.3) is 0 Å². The van der Waals surface area contributed by atoms with Crippen molar-refractivity contribution >= 4 is 28.9 Å². The molecule has 0 atom stereocenters. The molecular formula is C19H23N3O2. The van der Waals surface area contributed by atoms with E-state index in [1.54, 1.807) is 0 Å². The molecule has 2 aromatic rings. The van der Waals surface area contributed by atoms with Gasteiger partial charge in [-0.15, -0.1) is 0 Å². The quantitative estimate of drug-likeness (QED) is 0.728. The van der Waals surface area contributed by atoms with Gasteiger partial charge < -0.3 is 16.0 Å². The molecule has 5 heteroatoms. The zero-order chi connectivity index (χ0) is 17.4. The van der Waals surface area contributed by atoms with Gasteiger partial charge >= 0.3 is 0 Å². The van der Waals surface area contributed by atoms with Crippen LogP contribution in [0.4, 0.5) is 17.1 Å². The third-order valence-electron chi connectivity index (χ3n) is 3.53. The second kappa shape index (κ2) is 8.72. The predicted octanol–water partition coefficient (Wildman–Crippen LogP) is 3.65. The van der Waals surface area contributed by atoms with E-state index in [4.69, 9.17) is 0 Å². The minimum absolute atomic E-state index is 0.0263. The van der Waals surface area contributed by atoms with E-state index in [2.05, 4.69) is 22.9 Å². The Hall–Kier alpha value is -2.82. The predicted molar refractivity (Wildman–Crippen MR) is 98.3 cm³/mol. The fraction of sp³-hybridized carbons (Fsp3) is 0.263. The van der Waals surface area contributed by atoms with Gasteiger partial charge in [0, 0.05) is 37.0 Å². The summed E-state index contributed by atoms with van der Waals surface area (Å²) in [6, 6.07) is 15.3. The van der Waals surface area contributed by atoms with Gasteiger partial charge in [-0.2, -0.15) is 0 Å². The van der Waals surface area contributed by atoms with E-state index in [-0.39, 0.29) is 11.8 Å². The number of nitrogens with one attached hydrogen (secondary N) is 3. The van der Waals surface area contributed by atoms with Gasteiger partial charge in [0.2, 0.25) is 11.8 Å². The number of amides is 2. The fourth-order valence-corrected chi connectivity index (χ4v) is 2.24. The van der Waals surface area contributed by atoms with Gasteiger partial charge in [-0.3, -0.25) is 9.59 Å². The Bertz CT molecular complexity index is 679. The van der Waals surface area contributed by atoms with Crippen molar-refractivity contribution in [2.24, 2.45) is 0 Å². The summed E-state index contributed by atoms with van der Waals surface area (Å²) in [5, 5.41) is 8.78. The molecule has 5 nitrogen and oxygen atoms in total. The number of aryl methyl sites for hydroxylation is 1. The van der Waals surface area contributed by atoms with Crippen molar-refractivity contribution in [1.29, 1.82) is 0 Å². The first-order valence-corrected chi connectivity index (χ1v) is 8.07. The average molecular weight is 325 g/mol. The lowest BCUT2D eigenvalue weighted by Crippen LogP contribution is -2.16. The summed E-state index contributed by atoms with van der Waals surface area (Å²) in [5.74, 6) is -0.124. The lowest BCUT2D eigenvalue weighted by atomic mass is 10.1. The Morgan fingerprint density at radius 2 is 1.38 bits per heavy atom. The van der Waals surface area contributed by atoms with Gasteiger partial charge in [0.1, 0.15) is 0 Å². The monoisotopic (exact) mass is 325 g/mol. The van der Waals surface area contributed by atoms with Crippen LogP contribution in [0.1, 0.15) is 25.8 Å². The summed E-state index contributed by atoms with van der Waals surface area (Å²) < 4.78 is 0. The average Bonchev–Trinajstić information content (AvgIpc) is 2.57. The Labute approximate surface area is 142 Å². The molecule has 0 spiro atoms. The van der Waals surface area contributed by atoms with Crippen LogP contribution in [-0.2, 0) is 16.0 Å². The maximum absolute atomic E-state index is 11.9. The van der Waals surface area contributed by atoms with E-state index in [0.717, 1.165) is 23.5 Å². The Morgan fingerprint density at radius 3 is 1.96 bits per heavy atom. The van der Waals surface area contributed by atoms with Crippen molar-refractivity contribution in [3.63, 3.8) is 0 Å². The van der Waals surface area contributed by atoms with E-state index >= 15 is 0 Å². The summed E-state index contributed by atoms with van der Waals surface area (Å²) in [5.41, 5.74) is 3.72.